The van der Waals surface area contributed by atoms with E-state index in [-0.39, 0.29) is 12.0 Å². The molecule has 2 atom stereocenters. The summed E-state index contributed by atoms with van der Waals surface area (Å²) in [4.78, 5) is 8.75. The zero-order valence-electron chi connectivity index (χ0n) is 10.8. The molecule has 1 fully saturated rings. The van der Waals surface area contributed by atoms with E-state index < -0.39 is 0 Å². The Morgan fingerprint density at radius 2 is 2.16 bits per heavy atom. The first-order chi connectivity index (χ1) is 9.33. The number of nitrogens with two attached hydrogens (primary N) is 1. The highest BCUT2D eigenvalue weighted by atomic mass is 16.5. The molecule has 2 heterocycles. The Labute approximate surface area is 112 Å². The third-order valence-corrected chi connectivity index (χ3v) is 3.69. The molecule has 19 heavy (non-hydrogen) atoms. The van der Waals surface area contributed by atoms with Crippen molar-refractivity contribution in [2.45, 2.75) is 44.1 Å². The molecule has 0 saturated heterocycles. The Bertz CT molecular complexity index is 525. The van der Waals surface area contributed by atoms with Crippen LogP contribution in [0.15, 0.2) is 28.9 Å². The van der Waals surface area contributed by atoms with Gasteiger partial charge in [-0.2, -0.15) is 4.98 Å². The molecule has 0 spiro atoms. The summed E-state index contributed by atoms with van der Waals surface area (Å²) in [7, 11) is 0. The molecule has 2 aromatic heterocycles. The molecular weight excluding hydrogens is 240 g/mol. The highest BCUT2D eigenvalue weighted by Crippen LogP contribution is 2.30. The van der Waals surface area contributed by atoms with Gasteiger partial charge in [-0.25, -0.2) is 0 Å². The molecule has 1 aliphatic rings. The van der Waals surface area contributed by atoms with Gasteiger partial charge in [0.2, 0.25) is 5.89 Å². The highest BCUT2D eigenvalue weighted by Gasteiger charge is 2.28. The smallest absolute Gasteiger partial charge is 0.231 e. The number of hydrogen-bond acceptors (Lipinski definition) is 5. The molecule has 0 aliphatic heterocycles. The lowest BCUT2D eigenvalue weighted by atomic mass is 9.85. The fourth-order valence-corrected chi connectivity index (χ4v) is 2.62. The molecule has 0 amide bonds. The van der Waals surface area contributed by atoms with Crippen molar-refractivity contribution in [2.24, 2.45) is 5.73 Å². The molecule has 0 bridgehead atoms. The Kier molecular flexibility index (Phi) is 3.55. The van der Waals surface area contributed by atoms with Crippen LogP contribution in [0.4, 0.5) is 0 Å². The summed E-state index contributed by atoms with van der Waals surface area (Å²) in [5.41, 5.74) is 7.08. The first-order valence-corrected chi connectivity index (χ1v) is 6.81. The number of rotatable bonds is 3. The third-order valence-electron chi connectivity index (χ3n) is 3.69. The minimum absolute atomic E-state index is 0.150. The van der Waals surface area contributed by atoms with Crippen LogP contribution in [0.5, 0.6) is 0 Å². The van der Waals surface area contributed by atoms with E-state index in [4.69, 9.17) is 10.3 Å². The maximum absolute atomic E-state index is 6.13. The zero-order valence-corrected chi connectivity index (χ0v) is 10.8. The van der Waals surface area contributed by atoms with Gasteiger partial charge in [-0.1, -0.05) is 24.1 Å². The number of pyridine rings is 1. The maximum Gasteiger partial charge on any atom is 0.231 e. The van der Waals surface area contributed by atoms with Gasteiger partial charge in [-0.3, -0.25) is 4.98 Å². The summed E-state index contributed by atoms with van der Waals surface area (Å²) in [5.74, 6) is 1.60. The van der Waals surface area contributed by atoms with Crippen molar-refractivity contribution in [1.29, 1.82) is 0 Å². The molecular formula is C14H18N4O. The topological polar surface area (TPSA) is 77.8 Å². The third kappa shape index (κ3) is 2.81. The number of aromatic nitrogens is 3. The lowest BCUT2D eigenvalue weighted by molar-refractivity contribution is 0.289. The summed E-state index contributed by atoms with van der Waals surface area (Å²) in [6.07, 6.45) is 6.86. The van der Waals surface area contributed by atoms with Crippen molar-refractivity contribution >= 4 is 0 Å². The summed E-state index contributed by atoms with van der Waals surface area (Å²) >= 11 is 0. The average Bonchev–Trinajstić information content (AvgIpc) is 2.89. The first-order valence-electron chi connectivity index (χ1n) is 6.81. The van der Waals surface area contributed by atoms with Crippen molar-refractivity contribution in [2.75, 3.05) is 0 Å². The van der Waals surface area contributed by atoms with Crippen molar-refractivity contribution < 1.29 is 4.52 Å². The molecule has 5 heteroatoms. The highest BCUT2D eigenvalue weighted by molar-refractivity contribution is 5.10. The van der Waals surface area contributed by atoms with E-state index in [0.717, 1.165) is 18.5 Å². The molecule has 0 aromatic carbocycles. The Morgan fingerprint density at radius 3 is 2.95 bits per heavy atom. The van der Waals surface area contributed by atoms with E-state index >= 15 is 0 Å². The standard InChI is InChI=1S/C14H18N4O/c15-12-7-2-1-6-11(12)14-17-13(18-19-14)9-10-5-3-4-8-16-10/h3-5,8,11-12H,1-2,6-7,9,15H2. The van der Waals surface area contributed by atoms with Gasteiger partial charge in [0.15, 0.2) is 5.82 Å². The Balaban J connectivity index is 1.72. The van der Waals surface area contributed by atoms with Crippen LogP contribution >= 0.6 is 0 Å². The van der Waals surface area contributed by atoms with E-state index in [1.54, 1.807) is 6.20 Å². The molecule has 0 radical (unpaired) electrons. The predicted molar refractivity (Wildman–Crippen MR) is 70.5 cm³/mol. The van der Waals surface area contributed by atoms with Crippen LogP contribution in [0.2, 0.25) is 0 Å². The summed E-state index contributed by atoms with van der Waals surface area (Å²) in [6.45, 7) is 0. The first kappa shape index (κ1) is 12.3. The predicted octanol–water partition coefficient (Wildman–Crippen LogP) is 2.04. The maximum atomic E-state index is 6.13. The van der Waals surface area contributed by atoms with Gasteiger partial charge in [0, 0.05) is 17.9 Å². The van der Waals surface area contributed by atoms with Crippen molar-refractivity contribution in [3.8, 4) is 0 Å². The SMILES string of the molecule is NC1CCCCC1c1nc(Cc2ccccn2)no1. The second-order valence-electron chi connectivity index (χ2n) is 5.10. The molecule has 5 nitrogen and oxygen atoms in total. The normalized spacial score (nSPS) is 23.4. The fourth-order valence-electron chi connectivity index (χ4n) is 2.62. The molecule has 1 saturated carbocycles. The van der Waals surface area contributed by atoms with Gasteiger partial charge in [0.25, 0.3) is 0 Å². The fraction of sp³-hybridized carbons (Fsp3) is 0.500. The molecule has 3 rings (SSSR count). The van der Waals surface area contributed by atoms with Crippen molar-refractivity contribution in [1.82, 2.24) is 15.1 Å². The molecule has 1 aliphatic carbocycles. The molecule has 100 valence electrons. The van der Waals surface area contributed by atoms with Crippen LogP contribution in [0.3, 0.4) is 0 Å². The van der Waals surface area contributed by atoms with Gasteiger partial charge >= 0.3 is 0 Å². The van der Waals surface area contributed by atoms with E-state index in [1.807, 2.05) is 18.2 Å². The zero-order chi connectivity index (χ0) is 13.1. The summed E-state index contributed by atoms with van der Waals surface area (Å²) in [5, 5.41) is 4.04. The lowest BCUT2D eigenvalue weighted by Crippen LogP contribution is -2.31. The minimum atomic E-state index is 0.150. The van der Waals surface area contributed by atoms with Gasteiger partial charge in [-0.15, -0.1) is 0 Å². The van der Waals surface area contributed by atoms with Crippen LogP contribution < -0.4 is 5.73 Å². The monoisotopic (exact) mass is 258 g/mol. The van der Waals surface area contributed by atoms with Crippen molar-refractivity contribution in [3.63, 3.8) is 0 Å². The molecule has 2 unspecified atom stereocenters. The average molecular weight is 258 g/mol. The van der Waals surface area contributed by atoms with Gasteiger partial charge in [0.1, 0.15) is 0 Å². The second kappa shape index (κ2) is 5.48. The van der Waals surface area contributed by atoms with Crippen LogP contribution in [-0.4, -0.2) is 21.2 Å². The van der Waals surface area contributed by atoms with Gasteiger partial charge in [-0.05, 0) is 25.0 Å². The lowest BCUT2D eigenvalue weighted by Gasteiger charge is -2.25. The summed E-state index contributed by atoms with van der Waals surface area (Å²) in [6, 6.07) is 5.96. The quantitative estimate of drug-likeness (QED) is 0.911. The van der Waals surface area contributed by atoms with Crippen LogP contribution in [0, 0.1) is 0 Å². The largest absolute Gasteiger partial charge is 0.339 e. The number of hydrogen-bond donors (Lipinski definition) is 1. The van der Waals surface area contributed by atoms with E-state index in [0.29, 0.717) is 18.1 Å². The van der Waals surface area contributed by atoms with E-state index in [2.05, 4.69) is 15.1 Å². The van der Waals surface area contributed by atoms with Crippen molar-refractivity contribution in [3.05, 3.63) is 41.8 Å². The van der Waals surface area contributed by atoms with E-state index in [1.165, 1.54) is 12.8 Å². The van der Waals surface area contributed by atoms with Crippen LogP contribution in [0.25, 0.3) is 0 Å². The number of nitrogens with zero attached hydrogens (tertiary/aromatic N) is 3. The van der Waals surface area contributed by atoms with Gasteiger partial charge in [0.05, 0.1) is 12.3 Å². The summed E-state index contributed by atoms with van der Waals surface area (Å²) < 4.78 is 5.38. The van der Waals surface area contributed by atoms with Gasteiger partial charge < -0.3 is 10.3 Å². The Hall–Kier alpha value is -1.75. The molecule has 2 N–H and O–H groups in total. The van der Waals surface area contributed by atoms with Crippen LogP contribution in [0.1, 0.15) is 49.0 Å². The Morgan fingerprint density at radius 1 is 1.26 bits per heavy atom. The minimum Gasteiger partial charge on any atom is -0.339 e. The van der Waals surface area contributed by atoms with Crippen LogP contribution in [-0.2, 0) is 6.42 Å². The van der Waals surface area contributed by atoms with E-state index in [9.17, 15) is 0 Å². The second-order valence-corrected chi connectivity index (χ2v) is 5.10. The molecule has 2 aromatic rings.